The molecule has 3 aromatic rings. The third kappa shape index (κ3) is 2.86. The number of imide groups is 1. The van der Waals surface area contributed by atoms with Crippen molar-refractivity contribution in [2.24, 2.45) is 0 Å². The number of aromatic nitrogens is 1. The second kappa shape index (κ2) is 6.84. The van der Waals surface area contributed by atoms with E-state index in [1.54, 1.807) is 0 Å². The van der Waals surface area contributed by atoms with Crippen molar-refractivity contribution in [3.8, 4) is 0 Å². The van der Waals surface area contributed by atoms with Gasteiger partial charge in [-0.1, -0.05) is 0 Å². The zero-order valence-corrected chi connectivity index (χ0v) is 17.0. The van der Waals surface area contributed by atoms with Gasteiger partial charge in [0.15, 0.2) is 5.43 Å². The predicted molar refractivity (Wildman–Crippen MR) is 111 cm³/mol. The van der Waals surface area contributed by atoms with E-state index in [9.17, 15) is 28.0 Å². The van der Waals surface area contributed by atoms with Gasteiger partial charge in [-0.15, -0.1) is 0 Å². The molecule has 2 aliphatic heterocycles. The third-order valence-electron chi connectivity index (χ3n) is 6.33. The van der Waals surface area contributed by atoms with Crippen LogP contribution < -0.4 is 10.7 Å². The maximum absolute atomic E-state index is 14.4. The van der Waals surface area contributed by atoms with Gasteiger partial charge in [0.1, 0.15) is 17.2 Å². The number of carbonyl (C=O) groups excluding carboxylic acids is 3. The molecule has 3 heterocycles. The first-order chi connectivity index (χ1) is 15.2. The molecule has 2 fully saturated rings. The molecule has 4 amide bonds. The van der Waals surface area contributed by atoms with Crippen molar-refractivity contribution in [2.75, 3.05) is 20.1 Å². The highest BCUT2D eigenvalue weighted by Crippen LogP contribution is 2.30. The van der Waals surface area contributed by atoms with E-state index < -0.39 is 34.5 Å². The summed E-state index contributed by atoms with van der Waals surface area (Å²) in [6.45, 7) is 0.333. The number of likely N-dealkylation sites (tertiary alicyclic amines) is 1. The molecule has 8 nitrogen and oxygen atoms in total. The molecule has 0 saturated carbocycles. The number of hydrogen-bond acceptors (Lipinski definition) is 4. The van der Waals surface area contributed by atoms with Gasteiger partial charge >= 0.3 is 6.03 Å². The van der Waals surface area contributed by atoms with Crippen LogP contribution in [0, 0.1) is 11.6 Å². The normalized spacial score (nSPS) is 18.1. The van der Waals surface area contributed by atoms with Crippen LogP contribution in [-0.4, -0.2) is 58.3 Å². The predicted octanol–water partition coefficient (Wildman–Crippen LogP) is 2.12. The highest BCUT2D eigenvalue weighted by Gasteiger charge is 2.51. The first-order valence-corrected chi connectivity index (χ1v) is 10.0. The average Bonchev–Trinajstić information content (AvgIpc) is 2.98. The number of H-pyrrole nitrogens is 1. The molecule has 2 aliphatic rings. The molecule has 10 heteroatoms. The van der Waals surface area contributed by atoms with Crippen molar-refractivity contribution in [1.29, 1.82) is 0 Å². The number of piperidine rings is 1. The number of aromatic amines is 1. The summed E-state index contributed by atoms with van der Waals surface area (Å²) in [6.07, 6.45) is 0.444. The number of pyridine rings is 1. The standard InChI is InChI=1S/C22H18F2N4O4/c1-27-20(31)22(26-21(27)32)4-6-28(7-5-22)19(30)15-10-12(24)9-14-17(15)25-16-3-2-11(23)8-13(16)18(14)29/h2-3,8-10H,4-7H2,1H3,(H,25,29)(H,26,32). The van der Waals surface area contributed by atoms with E-state index in [1.165, 1.54) is 24.1 Å². The molecule has 0 atom stereocenters. The number of nitrogens with zero attached hydrogens (tertiary/aromatic N) is 2. The van der Waals surface area contributed by atoms with Gasteiger partial charge in [0.05, 0.1) is 11.1 Å². The fourth-order valence-electron chi connectivity index (χ4n) is 4.54. The molecular weight excluding hydrogens is 422 g/mol. The number of hydrogen-bond donors (Lipinski definition) is 2. The number of likely N-dealkylation sites (N-methyl/N-ethyl adjacent to an activating group) is 1. The Kier molecular flexibility index (Phi) is 4.30. The molecule has 2 saturated heterocycles. The SMILES string of the molecule is CN1C(=O)NC2(CCN(C(=O)c3cc(F)cc4c(=O)c5cc(F)ccc5[nH]c34)CC2)C1=O. The molecule has 164 valence electrons. The zero-order chi connectivity index (χ0) is 22.8. The van der Waals surface area contributed by atoms with E-state index >= 15 is 0 Å². The van der Waals surface area contributed by atoms with Crippen LogP contribution in [0.4, 0.5) is 13.6 Å². The number of halogens is 2. The maximum atomic E-state index is 14.4. The van der Waals surface area contributed by atoms with Crippen molar-refractivity contribution in [1.82, 2.24) is 20.1 Å². The Labute approximate surface area is 179 Å². The maximum Gasteiger partial charge on any atom is 0.324 e. The fraction of sp³-hybridized carbons (Fsp3) is 0.273. The summed E-state index contributed by atoms with van der Waals surface area (Å²) < 4.78 is 28.0. The van der Waals surface area contributed by atoms with Crippen molar-refractivity contribution < 1.29 is 23.2 Å². The molecule has 2 aromatic carbocycles. The summed E-state index contributed by atoms with van der Waals surface area (Å²) in [5, 5.41) is 2.70. The van der Waals surface area contributed by atoms with Crippen molar-refractivity contribution in [3.63, 3.8) is 0 Å². The van der Waals surface area contributed by atoms with Gasteiger partial charge in [-0.2, -0.15) is 0 Å². The van der Waals surface area contributed by atoms with Crippen molar-refractivity contribution in [2.45, 2.75) is 18.4 Å². The number of nitrogens with one attached hydrogen (secondary N) is 2. The molecular formula is C22H18F2N4O4. The minimum atomic E-state index is -1.04. The summed E-state index contributed by atoms with van der Waals surface area (Å²) in [5.74, 6) is -2.22. The highest BCUT2D eigenvalue weighted by atomic mass is 19.1. The molecule has 32 heavy (non-hydrogen) atoms. The summed E-state index contributed by atoms with van der Waals surface area (Å²) in [7, 11) is 1.40. The molecule has 0 bridgehead atoms. The summed E-state index contributed by atoms with van der Waals surface area (Å²) in [6, 6.07) is 5.22. The topological polar surface area (TPSA) is 103 Å². The van der Waals surface area contributed by atoms with Crippen LogP contribution in [0.3, 0.4) is 0 Å². The van der Waals surface area contributed by atoms with Gasteiger partial charge < -0.3 is 15.2 Å². The van der Waals surface area contributed by atoms with Crippen LogP contribution in [0.15, 0.2) is 35.1 Å². The van der Waals surface area contributed by atoms with E-state index in [4.69, 9.17) is 0 Å². The Morgan fingerprint density at radius 3 is 2.34 bits per heavy atom. The second-order valence-corrected chi connectivity index (χ2v) is 8.19. The van der Waals surface area contributed by atoms with Crippen molar-refractivity contribution in [3.05, 3.63) is 57.8 Å². The molecule has 0 aliphatic carbocycles. The number of rotatable bonds is 1. The molecule has 2 N–H and O–H groups in total. The largest absolute Gasteiger partial charge is 0.354 e. The number of fused-ring (bicyclic) bond motifs is 2. The van der Waals surface area contributed by atoms with Crippen LogP contribution >= 0.6 is 0 Å². The number of carbonyl (C=O) groups is 3. The fourth-order valence-corrected chi connectivity index (χ4v) is 4.54. The van der Waals surface area contributed by atoms with E-state index in [0.29, 0.717) is 5.52 Å². The van der Waals surface area contributed by atoms with Gasteiger partial charge in [0.25, 0.3) is 11.8 Å². The van der Waals surface area contributed by atoms with Gasteiger partial charge in [-0.05, 0) is 43.2 Å². The lowest BCUT2D eigenvalue weighted by atomic mass is 9.87. The summed E-state index contributed by atoms with van der Waals surface area (Å²) >= 11 is 0. The number of urea groups is 1. The molecule has 0 radical (unpaired) electrons. The smallest absolute Gasteiger partial charge is 0.324 e. The van der Waals surface area contributed by atoms with Crippen LogP contribution in [0.25, 0.3) is 21.8 Å². The van der Waals surface area contributed by atoms with E-state index in [2.05, 4.69) is 10.3 Å². The molecule has 1 spiro atoms. The number of amides is 4. The zero-order valence-electron chi connectivity index (χ0n) is 17.0. The summed E-state index contributed by atoms with van der Waals surface area (Å²) in [4.78, 5) is 55.9. The van der Waals surface area contributed by atoms with E-state index in [0.717, 1.165) is 23.1 Å². The van der Waals surface area contributed by atoms with Crippen molar-refractivity contribution >= 4 is 39.7 Å². The van der Waals surface area contributed by atoms with Gasteiger partial charge in [-0.25, -0.2) is 13.6 Å². The lowest BCUT2D eigenvalue weighted by Gasteiger charge is -2.37. The van der Waals surface area contributed by atoms with Gasteiger partial charge in [0.2, 0.25) is 0 Å². The van der Waals surface area contributed by atoms with Gasteiger partial charge in [-0.3, -0.25) is 19.3 Å². The third-order valence-corrected chi connectivity index (χ3v) is 6.33. The van der Waals surface area contributed by atoms with Crippen LogP contribution in [0.2, 0.25) is 0 Å². The van der Waals surface area contributed by atoms with Crippen LogP contribution in [0.5, 0.6) is 0 Å². The second-order valence-electron chi connectivity index (χ2n) is 8.19. The minimum Gasteiger partial charge on any atom is -0.354 e. The Hall–Kier alpha value is -3.82. The Balaban J connectivity index is 1.53. The summed E-state index contributed by atoms with van der Waals surface area (Å²) in [5.41, 5.74) is -1.17. The van der Waals surface area contributed by atoms with Crippen LogP contribution in [-0.2, 0) is 4.79 Å². The van der Waals surface area contributed by atoms with E-state index in [-0.39, 0.29) is 53.7 Å². The molecule has 5 rings (SSSR count). The van der Waals surface area contributed by atoms with Gasteiger partial charge in [0, 0.05) is 36.4 Å². The first kappa shape index (κ1) is 20.1. The highest BCUT2D eigenvalue weighted by molar-refractivity contribution is 6.09. The van der Waals surface area contributed by atoms with Crippen LogP contribution in [0.1, 0.15) is 23.2 Å². The lowest BCUT2D eigenvalue weighted by molar-refractivity contribution is -0.131. The minimum absolute atomic E-state index is 0.0295. The average molecular weight is 440 g/mol. The molecule has 1 aromatic heterocycles. The molecule has 0 unspecified atom stereocenters. The Morgan fingerprint density at radius 2 is 1.69 bits per heavy atom. The number of benzene rings is 2. The Morgan fingerprint density at radius 1 is 1.00 bits per heavy atom. The Bertz CT molecular complexity index is 1390. The quantitative estimate of drug-likeness (QED) is 0.447. The monoisotopic (exact) mass is 440 g/mol. The van der Waals surface area contributed by atoms with E-state index in [1.807, 2.05) is 0 Å². The lowest BCUT2D eigenvalue weighted by Crippen LogP contribution is -2.55. The first-order valence-electron chi connectivity index (χ1n) is 10.0.